The molecule has 0 aromatic heterocycles. The third-order valence-electron chi connectivity index (χ3n) is 3.84. The average molecular weight is 447 g/mol. The van der Waals surface area contributed by atoms with E-state index in [2.05, 4.69) is 47.7 Å². The first kappa shape index (κ1) is 21.0. The summed E-state index contributed by atoms with van der Waals surface area (Å²) in [6.45, 7) is 11.5. The van der Waals surface area contributed by atoms with E-state index in [1.54, 1.807) is 7.05 Å². The molecule has 2 N–H and O–H groups in total. The van der Waals surface area contributed by atoms with Gasteiger partial charge in [0.05, 0.1) is 19.3 Å². The van der Waals surface area contributed by atoms with Crippen LogP contribution in [0.2, 0.25) is 0 Å². The predicted octanol–water partition coefficient (Wildman–Crippen LogP) is 3.10. The molecule has 0 spiro atoms. The van der Waals surface area contributed by atoms with Crippen LogP contribution in [0.3, 0.4) is 0 Å². The standard InChI is InChI=1S/C18H29N3O2.HI/c1-13(2)23-16-8-14(3)6-7-15(16)9-20-17(19-5)21-10-18(4)11-22-12-18;/h6-8,13H,9-12H2,1-5H3,(H2,19,20,21);1H. The smallest absolute Gasteiger partial charge is 0.191 e. The number of rotatable bonds is 6. The van der Waals surface area contributed by atoms with Crippen molar-refractivity contribution in [2.45, 2.75) is 40.3 Å². The van der Waals surface area contributed by atoms with Gasteiger partial charge >= 0.3 is 0 Å². The number of hydrogen-bond donors (Lipinski definition) is 2. The van der Waals surface area contributed by atoms with Crippen LogP contribution >= 0.6 is 24.0 Å². The minimum Gasteiger partial charge on any atom is -0.491 e. The van der Waals surface area contributed by atoms with Gasteiger partial charge in [0.25, 0.3) is 0 Å². The summed E-state index contributed by atoms with van der Waals surface area (Å²) in [6, 6.07) is 6.29. The zero-order chi connectivity index (χ0) is 16.9. The van der Waals surface area contributed by atoms with Crippen molar-refractivity contribution in [1.29, 1.82) is 0 Å². The number of ether oxygens (including phenoxy) is 2. The number of halogens is 1. The largest absolute Gasteiger partial charge is 0.491 e. The van der Waals surface area contributed by atoms with E-state index in [1.807, 2.05) is 13.8 Å². The number of benzene rings is 1. The molecule has 5 nitrogen and oxygen atoms in total. The molecule has 1 aliphatic rings. The molecule has 0 saturated carbocycles. The highest BCUT2D eigenvalue weighted by Crippen LogP contribution is 2.25. The summed E-state index contributed by atoms with van der Waals surface area (Å²) in [6.07, 6.45) is 0.159. The van der Waals surface area contributed by atoms with E-state index in [4.69, 9.17) is 9.47 Å². The fourth-order valence-electron chi connectivity index (χ4n) is 2.42. The third-order valence-corrected chi connectivity index (χ3v) is 3.84. The molecule has 1 aromatic rings. The van der Waals surface area contributed by atoms with Gasteiger partial charge in [-0.05, 0) is 32.4 Å². The number of nitrogens with zero attached hydrogens (tertiary/aromatic N) is 1. The van der Waals surface area contributed by atoms with Gasteiger partial charge in [-0.1, -0.05) is 19.1 Å². The summed E-state index contributed by atoms with van der Waals surface area (Å²) < 4.78 is 11.2. The molecule has 0 amide bonds. The molecular formula is C18H30IN3O2. The topological polar surface area (TPSA) is 54.9 Å². The minimum absolute atomic E-state index is 0. The average Bonchev–Trinajstić information content (AvgIpc) is 2.46. The Labute approximate surface area is 162 Å². The third kappa shape index (κ3) is 6.12. The summed E-state index contributed by atoms with van der Waals surface area (Å²) in [7, 11) is 1.79. The van der Waals surface area contributed by atoms with Crippen molar-refractivity contribution in [3.8, 4) is 5.75 Å². The molecule has 1 aliphatic heterocycles. The zero-order valence-electron chi connectivity index (χ0n) is 15.3. The van der Waals surface area contributed by atoms with Crippen LogP contribution in [-0.2, 0) is 11.3 Å². The van der Waals surface area contributed by atoms with Crippen molar-refractivity contribution >= 4 is 29.9 Å². The van der Waals surface area contributed by atoms with Gasteiger partial charge in [-0.3, -0.25) is 4.99 Å². The van der Waals surface area contributed by atoms with Crippen LogP contribution in [0.1, 0.15) is 31.9 Å². The zero-order valence-corrected chi connectivity index (χ0v) is 17.6. The molecule has 1 heterocycles. The highest BCUT2D eigenvalue weighted by atomic mass is 127. The summed E-state index contributed by atoms with van der Waals surface area (Å²) in [5.41, 5.74) is 2.54. The Bertz CT molecular complexity index is 557. The number of nitrogens with one attached hydrogen (secondary N) is 2. The van der Waals surface area contributed by atoms with Gasteiger partial charge in [0.15, 0.2) is 5.96 Å². The fraction of sp³-hybridized carbons (Fsp3) is 0.611. The van der Waals surface area contributed by atoms with Crippen LogP contribution in [-0.4, -0.2) is 38.9 Å². The van der Waals surface area contributed by atoms with Gasteiger partial charge in [-0.15, -0.1) is 24.0 Å². The number of guanidine groups is 1. The van der Waals surface area contributed by atoms with Crippen LogP contribution in [0.15, 0.2) is 23.2 Å². The van der Waals surface area contributed by atoms with Crippen molar-refractivity contribution in [2.24, 2.45) is 10.4 Å². The monoisotopic (exact) mass is 447 g/mol. The second kappa shape index (κ2) is 9.46. The molecule has 24 heavy (non-hydrogen) atoms. The summed E-state index contributed by atoms with van der Waals surface area (Å²) in [5.74, 6) is 1.73. The first-order valence-electron chi connectivity index (χ1n) is 8.20. The molecular weight excluding hydrogens is 417 g/mol. The first-order valence-corrected chi connectivity index (χ1v) is 8.20. The maximum absolute atomic E-state index is 5.92. The van der Waals surface area contributed by atoms with Crippen molar-refractivity contribution in [3.05, 3.63) is 29.3 Å². The van der Waals surface area contributed by atoms with Gasteiger partial charge in [-0.2, -0.15) is 0 Å². The fourth-order valence-corrected chi connectivity index (χ4v) is 2.42. The van der Waals surface area contributed by atoms with E-state index < -0.39 is 0 Å². The molecule has 2 rings (SSSR count). The van der Waals surface area contributed by atoms with Crippen molar-refractivity contribution in [3.63, 3.8) is 0 Å². The molecule has 0 bridgehead atoms. The van der Waals surface area contributed by atoms with E-state index in [0.29, 0.717) is 6.54 Å². The molecule has 0 unspecified atom stereocenters. The molecule has 0 aliphatic carbocycles. The Morgan fingerprint density at radius 3 is 2.58 bits per heavy atom. The van der Waals surface area contributed by atoms with Gasteiger partial charge < -0.3 is 20.1 Å². The summed E-state index contributed by atoms with van der Waals surface area (Å²) in [5, 5.41) is 6.73. The number of aliphatic imine (C=N–C) groups is 1. The number of aryl methyl sites for hydroxylation is 1. The molecule has 1 aromatic carbocycles. The van der Waals surface area contributed by atoms with Gasteiger partial charge in [0.1, 0.15) is 5.75 Å². The molecule has 1 saturated heterocycles. The highest BCUT2D eigenvalue weighted by Gasteiger charge is 2.33. The van der Waals surface area contributed by atoms with Crippen LogP contribution < -0.4 is 15.4 Å². The molecule has 0 atom stereocenters. The van der Waals surface area contributed by atoms with Crippen LogP contribution in [0.25, 0.3) is 0 Å². The molecule has 0 radical (unpaired) electrons. The quantitative estimate of drug-likeness (QED) is 0.400. The van der Waals surface area contributed by atoms with E-state index in [-0.39, 0.29) is 35.5 Å². The van der Waals surface area contributed by atoms with Crippen LogP contribution in [0.4, 0.5) is 0 Å². The highest BCUT2D eigenvalue weighted by molar-refractivity contribution is 14.0. The van der Waals surface area contributed by atoms with E-state index >= 15 is 0 Å². The lowest BCUT2D eigenvalue weighted by molar-refractivity contribution is -0.0971. The molecule has 1 fully saturated rings. The lowest BCUT2D eigenvalue weighted by Gasteiger charge is -2.38. The Hall–Kier alpha value is -1.02. The van der Waals surface area contributed by atoms with Crippen molar-refractivity contribution in [1.82, 2.24) is 10.6 Å². The normalized spacial score (nSPS) is 16.2. The lowest BCUT2D eigenvalue weighted by Crippen LogP contribution is -2.50. The Kier molecular flexibility index (Phi) is 8.29. The first-order chi connectivity index (χ1) is 10.9. The lowest BCUT2D eigenvalue weighted by atomic mass is 9.89. The van der Waals surface area contributed by atoms with E-state index in [9.17, 15) is 0 Å². The SMILES string of the molecule is CN=C(NCc1ccc(C)cc1OC(C)C)NCC1(C)COC1.I. The maximum Gasteiger partial charge on any atom is 0.191 e. The number of hydrogen-bond acceptors (Lipinski definition) is 3. The van der Waals surface area contributed by atoms with E-state index in [0.717, 1.165) is 37.0 Å². The Balaban J connectivity index is 0.00000288. The van der Waals surface area contributed by atoms with Gasteiger partial charge in [0.2, 0.25) is 0 Å². The predicted molar refractivity (Wildman–Crippen MR) is 109 cm³/mol. The second-order valence-electron chi connectivity index (χ2n) is 6.86. The minimum atomic E-state index is 0. The van der Waals surface area contributed by atoms with Crippen LogP contribution in [0, 0.1) is 12.3 Å². The van der Waals surface area contributed by atoms with Crippen LogP contribution in [0.5, 0.6) is 5.75 Å². The van der Waals surface area contributed by atoms with Gasteiger partial charge in [-0.25, -0.2) is 0 Å². The van der Waals surface area contributed by atoms with E-state index in [1.165, 1.54) is 5.56 Å². The Morgan fingerprint density at radius 2 is 2.04 bits per heavy atom. The summed E-state index contributed by atoms with van der Waals surface area (Å²) in [4.78, 5) is 4.29. The second-order valence-corrected chi connectivity index (χ2v) is 6.86. The van der Waals surface area contributed by atoms with Crippen molar-refractivity contribution in [2.75, 3.05) is 26.8 Å². The Morgan fingerprint density at radius 1 is 1.33 bits per heavy atom. The van der Waals surface area contributed by atoms with Gasteiger partial charge in [0, 0.05) is 31.1 Å². The van der Waals surface area contributed by atoms with Crippen molar-refractivity contribution < 1.29 is 9.47 Å². The maximum atomic E-state index is 5.92. The summed E-state index contributed by atoms with van der Waals surface area (Å²) >= 11 is 0. The molecule has 6 heteroatoms. The molecule has 136 valence electrons.